The summed E-state index contributed by atoms with van der Waals surface area (Å²) in [6.07, 6.45) is -4.56. The number of methoxy groups -OCH3 is 1. The molecular formula is C6H4F3NO2S. The third-order valence-corrected chi connectivity index (χ3v) is 1.88. The van der Waals surface area contributed by atoms with Crippen molar-refractivity contribution in [3.63, 3.8) is 0 Å². The largest absolute Gasteiger partial charge is 0.464 e. The van der Waals surface area contributed by atoms with Crippen molar-refractivity contribution in [3.8, 4) is 0 Å². The molecule has 0 radical (unpaired) electrons. The number of carbonyl (C=O) groups excluding carboxylic acids is 1. The second-order valence-corrected chi connectivity index (χ2v) is 2.70. The summed E-state index contributed by atoms with van der Waals surface area (Å²) in [5, 5.41) is 0.770. The van der Waals surface area contributed by atoms with Crippen molar-refractivity contribution < 1.29 is 22.7 Å². The Morgan fingerprint density at radius 3 is 2.69 bits per heavy atom. The first-order valence-corrected chi connectivity index (χ1v) is 3.90. The summed E-state index contributed by atoms with van der Waals surface area (Å²) in [7, 11) is 1.00. The first kappa shape index (κ1) is 9.97. The molecule has 1 rings (SSSR count). The van der Waals surface area contributed by atoms with Gasteiger partial charge in [-0.3, -0.25) is 0 Å². The number of alkyl halides is 3. The fourth-order valence-electron chi connectivity index (χ4n) is 0.682. The van der Waals surface area contributed by atoms with Gasteiger partial charge in [-0.05, 0) is 11.5 Å². The normalized spacial score (nSPS) is 11.4. The van der Waals surface area contributed by atoms with Gasteiger partial charge in [0.1, 0.15) is 5.56 Å². The predicted molar refractivity (Wildman–Crippen MR) is 38.5 cm³/mol. The molecule has 0 spiro atoms. The summed E-state index contributed by atoms with van der Waals surface area (Å²) in [5.74, 6) is -1.08. The summed E-state index contributed by atoms with van der Waals surface area (Å²) in [6, 6.07) is 0. The number of halogens is 3. The SMILES string of the molecule is COC(=O)c1nscc1C(F)(F)F. The van der Waals surface area contributed by atoms with E-state index in [0.29, 0.717) is 11.5 Å². The highest BCUT2D eigenvalue weighted by atomic mass is 32.1. The molecule has 1 aromatic rings. The molecule has 0 unspecified atom stereocenters. The number of nitrogens with zero attached hydrogens (tertiary/aromatic N) is 1. The third kappa shape index (κ3) is 1.97. The molecule has 7 heteroatoms. The number of carbonyl (C=O) groups is 1. The van der Waals surface area contributed by atoms with Crippen LogP contribution in [-0.4, -0.2) is 17.5 Å². The van der Waals surface area contributed by atoms with Crippen LogP contribution < -0.4 is 0 Å². The Morgan fingerprint density at radius 2 is 2.23 bits per heavy atom. The maximum atomic E-state index is 12.1. The second kappa shape index (κ2) is 3.33. The van der Waals surface area contributed by atoms with Crippen LogP contribution in [0.4, 0.5) is 13.2 Å². The third-order valence-electron chi connectivity index (χ3n) is 1.25. The highest BCUT2D eigenvalue weighted by molar-refractivity contribution is 7.03. The van der Waals surface area contributed by atoms with Gasteiger partial charge in [0.25, 0.3) is 0 Å². The number of esters is 1. The monoisotopic (exact) mass is 211 g/mol. The molecule has 13 heavy (non-hydrogen) atoms. The van der Waals surface area contributed by atoms with Crippen molar-refractivity contribution in [2.75, 3.05) is 7.11 Å². The number of rotatable bonds is 1. The van der Waals surface area contributed by atoms with Gasteiger partial charge >= 0.3 is 12.1 Å². The zero-order valence-corrected chi connectivity index (χ0v) is 7.20. The molecule has 0 saturated carbocycles. The molecule has 0 N–H and O–H groups in total. The van der Waals surface area contributed by atoms with Crippen molar-refractivity contribution in [2.45, 2.75) is 6.18 Å². The number of hydrogen-bond donors (Lipinski definition) is 0. The van der Waals surface area contributed by atoms with Gasteiger partial charge in [-0.25, -0.2) is 4.79 Å². The van der Waals surface area contributed by atoms with Gasteiger partial charge in [-0.2, -0.15) is 17.5 Å². The van der Waals surface area contributed by atoms with Gasteiger partial charge in [0.15, 0.2) is 5.69 Å². The van der Waals surface area contributed by atoms with Crippen molar-refractivity contribution in [1.29, 1.82) is 0 Å². The minimum atomic E-state index is -4.56. The zero-order chi connectivity index (χ0) is 10.1. The minimum absolute atomic E-state index is 0.566. The van der Waals surface area contributed by atoms with E-state index in [2.05, 4.69) is 9.11 Å². The molecule has 0 amide bonds. The predicted octanol–water partition coefficient (Wildman–Crippen LogP) is 1.95. The molecule has 72 valence electrons. The summed E-state index contributed by atoms with van der Waals surface area (Å²) in [5.41, 5.74) is -1.73. The molecule has 0 fully saturated rings. The van der Waals surface area contributed by atoms with E-state index in [0.717, 1.165) is 12.5 Å². The average Bonchev–Trinajstić information content (AvgIpc) is 2.49. The summed E-state index contributed by atoms with van der Waals surface area (Å²) in [4.78, 5) is 10.8. The highest BCUT2D eigenvalue weighted by Gasteiger charge is 2.37. The molecule has 3 nitrogen and oxygen atoms in total. The Labute approximate surface area is 75.3 Å². The molecule has 0 aliphatic carbocycles. The van der Waals surface area contributed by atoms with E-state index < -0.39 is 23.4 Å². The van der Waals surface area contributed by atoms with Crippen LogP contribution in [0.2, 0.25) is 0 Å². The van der Waals surface area contributed by atoms with Crippen LogP contribution >= 0.6 is 11.5 Å². The first-order valence-electron chi connectivity index (χ1n) is 3.06. The Hall–Kier alpha value is -1.11. The molecular weight excluding hydrogens is 207 g/mol. The van der Waals surface area contributed by atoms with Crippen LogP contribution in [0.25, 0.3) is 0 Å². The van der Waals surface area contributed by atoms with Crippen molar-refractivity contribution >= 4 is 17.5 Å². The summed E-state index contributed by atoms with van der Waals surface area (Å²) < 4.78 is 43.8. The standard InChI is InChI=1S/C6H4F3NO2S/c1-12-5(11)4-3(2-13-10-4)6(7,8)9/h2H,1H3. The van der Waals surface area contributed by atoms with Crippen LogP contribution in [0.1, 0.15) is 16.1 Å². The van der Waals surface area contributed by atoms with Gasteiger partial charge in [0, 0.05) is 5.38 Å². The van der Waals surface area contributed by atoms with E-state index in [1.165, 1.54) is 0 Å². The molecule has 1 heterocycles. The molecule has 0 aliphatic heterocycles. The van der Waals surface area contributed by atoms with Crippen molar-refractivity contribution in [1.82, 2.24) is 4.37 Å². The Morgan fingerprint density at radius 1 is 1.62 bits per heavy atom. The average molecular weight is 211 g/mol. The van der Waals surface area contributed by atoms with E-state index in [4.69, 9.17) is 0 Å². The van der Waals surface area contributed by atoms with Gasteiger partial charge in [-0.15, -0.1) is 0 Å². The van der Waals surface area contributed by atoms with Gasteiger partial charge in [0.2, 0.25) is 0 Å². The Kier molecular flexibility index (Phi) is 2.55. The first-order chi connectivity index (χ1) is 5.96. The lowest BCUT2D eigenvalue weighted by Crippen LogP contribution is -2.12. The lowest BCUT2D eigenvalue weighted by atomic mass is 10.2. The van der Waals surface area contributed by atoms with E-state index >= 15 is 0 Å². The highest BCUT2D eigenvalue weighted by Crippen LogP contribution is 2.32. The molecule has 0 atom stereocenters. The molecule has 0 saturated heterocycles. The lowest BCUT2D eigenvalue weighted by molar-refractivity contribution is -0.137. The van der Waals surface area contributed by atoms with Gasteiger partial charge in [-0.1, -0.05) is 0 Å². The Bertz CT molecular complexity index is 320. The minimum Gasteiger partial charge on any atom is -0.464 e. The second-order valence-electron chi connectivity index (χ2n) is 2.07. The van der Waals surface area contributed by atoms with Crippen LogP contribution in [0.15, 0.2) is 5.38 Å². The van der Waals surface area contributed by atoms with E-state index in [-0.39, 0.29) is 0 Å². The Balaban J connectivity index is 3.10. The van der Waals surface area contributed by atoms with Gasteiger partial charge < -0.3 is 4.74 Å². The fourth-order valence-corrected chi connectivity index (χ4v) is 1.36. The molecule has 1 aromatic heterocycles. The van der Waals surface area contributed by atoms with Crippen molar-refractivity contribution in [3.05, 3.63) is 16.6 Å². The number of ether oxygens (including phenoxy) is 1. The summed E-state index contributed by atoms with van der Waals surface area (Å²) in [6.45, 7) is 0. The maximum Gasteiger partial charge on any atom is 0.419 e. The zero-order valence-electron chi connectivity index (χ0n) is 6.38. The number of hydrogen-bond acceptors (Lipinski definition) is 4. The molecule has 0 aliphatic rings. The van der Waals surface area contributed by atoms with E-state index in [1.54, 1.807) is 0 Å². The van der Waals surface area contributed by atoms with Crippen molar-refractivity contribution in [2.24, 2.45) is 0 Å². The topological polar surface area (TPSA) is 39.2 Å². The van der Waals surface area contributed by atoms with Crippen LogP contribution in [0.3, 0.4) is 0 Å². The maximum absolute atomic E-state index is 12.1. The fraction of sp³-hybridized carbons (Fsp3) is 0.333. The van der Waals surface area contributed by atoms with E-state index in [1.807, 2.05) is 0 Å². The van der Waals surface area contributed by atoms with Crippen LogP contribution in [0.5, 0.6) is 0 Å². The van der Waals surface area contributed by atoms with Crippen LogP contribution in [-0.2, 0) is 10.9 Å². The van der Waals surface area contributed by atoms with Gasteiger partial charge in [0.05, 0.1) is 7.11 Å². The lowest BCUT2D eigenvalue weighted by Gasteiger charge is -2.04. The van der Waals surface area contributed by atoms with Crippen LogP contribution in [0, 0.1) is 0 Å². The quantitative estimate of drug-likeness (QED) is 0.666. The molecule has 0 aromatic carbocycles. The number of aromatic nitrogens is 1. The summed E-state index contributed by atoms with van der Waals surface area (Å²) >= 11 is 0.566. The molecule has 0 bridgehead atoms. The van der Waals surface area contributed by atoms with E-state index in [9.17, 15) is 18.0 Å². The smallest absolute Gasteiger partial charge is 0.419 e.